The molecule has 0 spiro atoms. The molecule has 156 valence electrons. The first-order chi connectivity index (χ1) is 14.4. The molecular weight excluding hydrogens is 435 g/mol. The zero-order valence-corrected chi connectivity index (χ0v) is 17.3. The molecule has 1 aliphatic carbocycles. The van der Waals surface area contributed by atoms with Crippen molar-refractivity contribution in [2.45, 2.75) is 31.0 Å². The Morgan fingerprint density at radius 2 is 2.10 bits per heavy atom. The monoisotopic (exact) mass is 451 g/mol. The summed E-state index contributed by atoms with van der Waals surface area (Å²) in [7, 11) is 0. The van der Waals surface area contributed by atoms with E-state index in [0.717, 1.165) is 48.7 Å². The van der Waals surface area contributed by atoms with Crippen molar-refractivity contribution in [3.63, 3.8) is 0 Å². The van der Waals surface area contributed by atoms with Crippen LogP contribution in [0.25, 0.3) is 10.2 Å². The summed E-state index contributed by atoms with van der Waals surface area (Å²) in [4.78, 5) is 31.7. The van der Waals surface area contributed by atoms with E-state index in [1.165, 1.54) is 20.8 Å². The van der Waals surface area contributed by atoms with Gasteiger partial charge in [-0.15, -0.1) is 17.9 Å². The van der Waals surface area contributed by atoms with Gasteiger partial charge in [-0.25, -0.2) is 18.2 Å². The van der Waals surface area contributed by atoms with Crippen LogP contribution in [0.4, 0.5) is 18.9 Å². The summed E-state index contributed by atoms with van der Waals surface area (Å²) in [5.41, 5.74) is 0.434. The van der Waals surface area contributed by atoms with Crippen LogP contribution in [0.15, 0.2) is 34.7 Å². The number of amides is 1. The molecule has 1 aromatic carbocycles. The normalized spacial score (nSPS) is 12.9. The SMILES string of the molecule is C=CCn1c(SCC(=O)Nc2ccc(F)c(F)c2F)nc2sc3c(c2c1=O)CCC3. The Balaban J connectivity index is 1.58. The minimum atomic E-state index is -1.65. The van der Waals surface area contributed by atoms with Gasteiger partial charge >= 0.3 is 0 Å². The van der Waals surface area contributed by atoms with Crippen LogP contribution in [0.3, 0.4) is 0 Å². The van der Waals surface area contributed by atoms with E-state index in [4.69, 9.17) is 0 Å². The van der Waals surface area contributed by atoms with Gasteiger partial charge in [0.15, 0.2) is 22.6 Å². The summed E-state index contributed by atoms with van der Waals surface area (Å²) in [6, 6.07) is 1.68. The Labute approximate surface area is 177 Å². The number of aryl methyl sites for hydroxylation is 2. The molecular formula is C20H16F3N3O2S2. The second-order valence-electron chi connectivity index (χ2n) is 6.70. The highest BCUT2D eigenvalue weighted by Crippen LogP contribution is 2.35. The van der Waals surface area contributed by atoms with Gasteiger partial charge in [-0.1, -0.05) is 17.8 Å². The Kier molecular flexibility index (Phi) is 5.70. The Morgan fingerprint density at radius 1 is 1.30 bits per heavy atom. The van der Waals surface area contributed by atoms with E-state index in [9.17, 15) is 22.8 Å². The molecule has 0 saturated carbocycles. The third-order valence-electron chi connectivity index (χ3n) is 4.74. The average Bonchev–Trinajstić information content (AvgIpc) is 3.30. The quantitative estimate of drug-likeness (QED) is 0.263. The number of nitrogens with one attached hydrogen (secondary N) is 1. The molecule has 1 N–H and O–H groups in total. The Hall–Kier alpha value is -2.59. The number of hydrogen-bond donors (Lipinski definition) is 1. The lowest BCUT2D eigenvalue weighted by atomic mass is 10.2. The molecule has 4 rings (SSSR count). The molecule has 1 aliphatic rings. The molecule has 0 radical (unpaired) electrons. The van der Waals surface area contributed by atoms with Gasteiger partial charge in [-0.2, -0.15) is 0 Å². The molecule has 2 aromatic heterocycles. The second kappa shape index (κ2) is 8.27. The molecule has 30 heavy (non-hydrogen) atoms. The van der Waals surface area contributed by atoms with E-state index in [0.29, 0.717) is 15.4 Å². The number of fused-ring (bicyclic) bond motifs is 3. The van der Waals surface area contributed by atoms with E-state index in [1.54, 1.807) is 6.08 Å². The highest BCUT2D eigenvalue weighted by Gasteiger charge is 2.23. The van der Waals surface area contributed by atoms with Gasteiger partial charge in [0.05, 0.1) is 16.8 Å². The summed E-state index contributed by atoms with van der Waals surface area (Å²) in [5, 5.41) is 3.18. The molecule has 10 heteroatoms. The average molecular weight is 451 g/mol. The first-order valence-electron chi connectivity index (χ1n) is 9.12. The smallest absolute Gasteiger partial charge is 0.263 e. The van der Waals surface area contributed by atoms with Crippen LogP contribution in [0.5, 0.6) is 0 Å². The van der Waals surface area contributed by atoms with Gasteiger partial charge in [0.2, 0.25) is 5.91 Å². The minimum absolute atomic E-state index is 0.172. The van der Waals surface area contributed by atoms with Crippen molar-refractivity contribution < 1.29 is 18.0 Å². The van der Waals surface area contributed by atoms with Crippen LogP contribution in [-0.2, 0) is 24.2 Å². The summed E-state index contributed by atoms with van der Waals surface area (Å²) in [6.45, 7) is 3.90. The van der Waals surface area contributed by atoms with Gasteiger partial charge in [-0.05, 0) is 37.0 Å². The zero-order valence-electron chi connectivity index (χ0n) is 15.6. The number of nitrogens with zero attached hydrogens (tertiary/aromatic N) is 2. The van der Waals surface area contributed by atoms with E-state index < -0.39 is 29.0 Å². The number of halogens is 3. The van der Waals surface area contributed by atoms with Crippen LogP contribution in [0, 0.1) is 17.5 Å². The number of thiophene rings is 1. The van der Waals surface area contributed by atoms with Crippen LogP contribution >= 0.6 is 23.1 Å². The van der Waals surface area contributed by atoms with Crippen molar-refractivity contribution in [2.75, 3.05) is 11.1 Å². The molecule has 0 unspecified atom stereocenters. The number of carbonyl (C=O) groups excluding carboxylic acids is 1. The number of rotatable bonds is 6. The van der Waals surface area contributed by atoms with Crippen molar-refractivity contribution in [1.82, 2.24) is 9.55 Å². The maximum Gasteiger partial charge on any atom is 0.263 e. The highest BCUT2D eigenvalue weighted by molar-refractivity contribution is 7.99. The van der Waals surface area contributed by atoms with Crippen LogP contribution in [0.2, 0.25) is 0 Å². The maximum absolute atomic E-state index is 13.8. The number of anilines is 1. The molecule has 1 amide bonds. The molecule has 2 heterocycles. The zero-order chi connectivity index (χ0) is 21.4. The van der Waals surface area contributed by atoms with E-state index >= 15 is 0 Å². The van der Waals surface area contributed by atoms with E-state index in [1.807, 2.05) is 0 Å². The summed E-state index contributed by atoms with van der Waals surface area (Å²) in [6.07, 6.45) is 4.38. The van der Waals surface area contributed by atoms with Gasteiger partial charge in [0.25, 0.3) is 5.56 Å². The summed E-state index contributed by atoms with van der Waals surface area (Å²) >= 11 is 2.50. The largest absolute Gasteiger partial charge is 0.323 e. The van der Waals surface area contributed by atoms with Crippen molar-refractivity contribution in [2.24, 2.45) is 0 Å². The lowest BCUT2D eigenvalue weighted by Crippen LogP contribution is -2.24. The predicted octanol–water partition coefficient (Wildman–Crippen LogP) is 4.28. The number of aromatic nitrogens is 2. The third-order valence-corrected chi connectivity index (χ3v) is 6.91. The Morgan fingerprint density at radius 3 is 2.87 bits per heavy atom. The molecule has 0 fully saturated rings. The fourth-order valence-corrected chi connectivity index (χ4v) is 5.51. The van der Waals surface area contributed by atoms with Crippen LogP contribution in [0.1, 0.15) is 16.9 Å². The van der Waals surface area contributed by atoms with Gasteiger partial charge < -0.3 is 5.32 Å². The van der Waals surface area contributed by atoms with E-state index in [-0.39, 0.29) is 17.9 Å². The van der Waals surface area contributed by atoms with Crippen molar-refractivity contribution in [3.8, 4) is 0 Å². The lowest BCUT2D eigenvalue weighted by Gasteiger charge is -2.11. The molecule has 0 bridgehead atoms. The molecule has 5 nitrogen and oxygen atoms in total. The summed E-state index contributed by atoms with van der Waals surface area (Å²) in [5.74, 6) is -5.30. The number of benzene rings is 1. The van der Waals surface area contributed by atoms with Crippen molar-refractivity contribution >= 4 is 44.9 Å². The standard InChI is InChI=1S/C20H16F3N3O2S2/c1-2-8-26-19(28)15-10-4-3-5-13(10)30-18(15)25-20(26)29-9-14(27)24-12-7-6-11(21)16(22)17(12)23/h2,6-7H,1,3-5,8-9H2,(H,24,27). The first-order valence-corrected chi connectivity index (χ1v) is 10.9. The maximum atomic E-state index is 13.8. The Bertz CT molecular complexity index is 1240. The molecule has 3 aromatic rings. The van der Waals surface area contributed by atoms with E-state index in [2.05, 4.69) is 16.9 Å². The number of thioether (sulfide) groups is 1. The van der Waals surface area contributed by atoms with Crippen LogP contribution in [-0.4, -0.2) is 21.2 Å². The van der Waals surface area contributed by atoms with Crippen molar-refractivity contribution in [1.29, 1.82) is 0 Å². The highest BCUT2D eigenvalue weighted by atomic mass is 32.2. The first kappa shape index (κ1) is 20.7. The van der Waals surface area contributed by atoms with Gasteiger partial charge in [0.1, 0.15) is 4.83 Å². The minimum Gasteiger partial charge on any atom is -0.323 e. The van der Waals surface area contributed by atoms with Gasteiger partial charge in [0, 0.05) is 11.4 Å². The number of allylic oxidation sites excluding steroid dienone is 1. The number of hydrogen-bond acceptors (Lipinski definition) is 5. The molecule has 0 atom stereocenters. The van der Waals surface area contributed by atoms with Crippen molar-refractivity contribution in [3.05, 3.63) is 63.0 Å². The lowest BCUT2D eigenvalue weighted by molar-refractivity contribution is -0.113. The fourth-order valence-electron chi connectivity index (χ4n) is 3.40. The molecule has 0 saturated heterocycles. The topological polar surface area (TPSA) is 64.0 Å². The third kappa shape index (κ3) is 3.65. The number of carbonyl (C=O) groups is 1. The summed E-state index contributed by atoms with van der Waals surface area (Å²) < 4.78 is 41.6. The fraction of sp³-hybridized carbons (Fsp3) is 0.250. The molecule has 0 aliphatic heterocycles. The predicted molar refractivity (Wildman–Crippen MR) is 112 cm³/mol. The second-order valence-corrected chi connectivity index (χ2v) is 8.72. The van der Waals surface area contributed by atoms with Gasteiger partial charge in [-0.3, -0.25) is 14.2 Å². The van der Waals surface area contributed by atoms with Crippen LogP contribution < -0.4 is 10.9 Å².